The lowest BCUT2D eigenvalue weighted by molar-refractivity contribution is 0.0267. The fraction of sp³-hybridized carbons (Fsp3) is 0.400. The SMILES string of the molecule is CC[C@H]1COC[C@H](CCOC(=O)c2cn(-c3cn[nH]c3)c3ccccc23)N1. The first-order valence-electron chi connectivity index (χ1n) is 9.36. The second kappa shape index (κ2) is 7.94. The normalized spacial score (nSPS) is 20.0. The zero-order valence-electron chi connectivity index (χ0n) is 15.4. The van der Waals surface area contributed by atoms with Crippen LogP contribution < -0.4 is 5.32 Å². The largest absolute Gasteiger partial charge is 0.462 e. The lowest BCUT2D eigenvalue weighted by Crippen LogP contribution is -2.48. The fourth-order valence-corrected chi connectivity index (χ4v) is 3.49. The fourth-order valence-electron chi connectivity index (χ4n) is 3.49. The molecule has 1 aliphatic rings. The summed E-state index contributed by atoms with van der Waals surface area (Å²) < 4.78 is 13.1. The molecule has 2 atom stereocenters. The van der Waals surface area contributed by atoms with Crippen molar-refractivity contribution >= 4 is 16.9 Å². The van der Waals surface area contributed by atoms with Crippen LogP contribution >= 0.6 is 0 Å². The van der Waals surface area contributed by atoms with Gasteiger partial charge in [0.2, 0.25) is 0 Å². The molecule has 7 heteroatoms. The van der Waals surface area contributed by atoms with Gasteiger partial charge in [-0.15, -0.1) is 0 Å². The maximum atomic E-state index is 12.7. The highest BCUT2D eigenvalue weighted by atomic mass is 16.5. The van der Waals surface area contributed by atoms with Crippen molar-refractivity contribution in [2.45, 2.75) is 31.8 Å². The number of H-pyrrole nitrogens is 1. The molecule has 0 saturated carbocycles. The number of esters is 1. The molecule has 142 valence electrons. The number of carbonyl (C=O) groups is 1. The summed E-state index contributed by atoms with van der Waals surface area (Å²) in [7, 11) is 0. The van der Waals surface area contributed by atoms with Gasteiger partial charge in [0.25, 0.3) is 0 Å². The molecule has 3 heterocycles. The van der Waals surface area contributed by atoms with Crippen LogP contribution in [0.25, 0.3) is 16.6 Å². The van der Waals surface area contributed by atoms with Crippen molar-refractivity contribution in [1.82, 2.24) is 20.1 Å². The summed E-state index contributed by atoms with van der Waals surface area (Å²) in [5, 5.41) is 11.2. The second-order valence-electron chi connectivity index (χ2n) is 6.82. The zero-order valence-corrected chi connectivity index (χ0v) is 15.4. The Bertz CT molecular complexity index is 903. The molecular formula is C20H24N4O3. The molecule has 4 rings (SSSR count). The molecule has 7 nitrogen and oxygen atoms in total. The lowest BCUT2D eigenvalue weighted by Gasteiger charge is -2.30. The third-order valence-electron chi connectivity index (χ3n) is 5.00. The standard InChI is InChI=1S/C20H24N4O3/c1-2-14-12-26-13-15(23-14)7-8-27-20(25)18-11-24(16-9-21-22-10-16)19-6-4-3-5-17(18)19/h3-6,9-11,14-15,23H,2,7-8,12-13H2,1H3,(H,21,22)/t14-,15-/m0/s1. The Kier molecular flexibility index (Phi) is 5.22. The topological polar surface area (TPSA) is 81.2 Å². The highest BCUT2D eigenvalue weighted by molar-refractivity contribution is 6.04. The maximum Gasteiger partial charge on any atom is 0.340 e. The van der Waals surface area contributed by atoms with Crippen LogP contribution in [0.2, 0.25) is 0 Å². The van der Waals surface area contributed by atoms with Crippen LogP contribution in [-0.4, -0.2) is 52.6 Å². The number of rotatable bonds is 6. The molecule has 1 fully saturated rings. The molecule has 0 bridgehead atoms. The molecule has 0 radical (unpaired) electrons. The van der Waals surface area contributed by atoms with E-state index in [1.807, 2.05) is 35.0 Å². The minimum absolute atomic E-state index is 0.226. The van der Waals surface area contributed by atoms with Crippen LogP contribution in [0.15, 0.2) is 42.9 Å². The van der Waals surface area contributed by atoms with Crippen molar-refractivity contribution < 1.29 is 14.3 Å². The molecule has 0 amide bonds. The van der Waals surface area contributed by atoms with E-state index in [0.29, 0.717) is 24.8 Å². The van der Waals surface area contributed by atoms with E-state index in [-0.39, 0.29) is 12.0 Å². The Morgan fingerprint density at radius 1 is 1.33 bits per heavy atom. The Hall–Kier alpha value is -2.64. The van der Waals surface area contributed by atoms with Crippen molar-refractivity contribution in [3.05, 3.63) is 48.4 Å². The summed E-state index contributed by atoms with van der Waals surface area (Å²) >= 11 is 0. The van der Waals surface area contributed by atoms with Gasteiger partial charge in [-0.25, -0.2) is 4.79 Å². The summed E-state index contributed by atoms with van der Waals surface area (Å²) in [4.78, 5) is 12.7. The molecular weight excluding hydrogens is 344 g/mol. The summed E-state index contributed by atoms with van der Waals surface area (Å²) in [5.41, 5.74) is 2.38. The van der Waals surface area contributed by atoms with Crippen molar-refractivity contribution in [3.63, 3.8) is 0 Å². The molecule has 1 saturated heterocycles. The van der Waals surface area contributed by atoms with Gasteiger partial charge in [-0.05, 0) is 18.9 Å². The van der Waals surface area contributed by atoms with Gasteiger partial charge in [0, 0.05) is 29.9 Å². The molecule has 2 N–H and O–H groups in total. The minimum Gasteiger partial charge on any atom is -0.462 e. The van der Waals surface area contributed by atoms with Gasteiger partial charge in [0.05, 0.1) is 42.8 Å². The number of morpholine rings is 1. The van der Waals surface area contributed by atoms with E-state index in [4.69, 9.17) is 9.47 Å². The van der Waals surface area contributed by atoms with Crippen LogP contribution in [0.1, 0.15) is 30.1 Å². The third kappa shape index (κ3) is 3.74. The van der Waals surface area contributed by atoms with Crippen LogP contribution in [0.5, 0.6) is 0 Å². The van der Waals surface area contributed by atoms with Crippen molar-refractivity contribution in [2.24, 2.45) is 0 Å². The van der Waals surface area contributed by atoms with Gasteiger partial charge in [-0.1, -0.05) is 25.1 Å². The Labute approximate surface area is 157 Å². The maximum absolute atomic E-state index is 12.7. The second-order valence-corrected chi connectivity index (χ2v) is 6.82. The van der Waals surface area contributed by atoms with Crippen molar-refractivity contribution in [3.8, 4) is 5.69 Å². The average Bonchev–Trinajstić information content (AvgIpc) is 3.36. The van der Waals surface area contributed by atoms with Gasteiger partial charge >= 0.3 is 5.97 Å². The summed E-state index contributed by atoms with van der Waals surface area (Å²) in [6, 6.07) is 8.40. The van der Waals surface area contributed by atoms with Gasteiger partial charge < -0.3 is 19.4 Å². The van der Waals surface area contributed by atoms with Crippen LogP contribution in [0, 0.1) is 0 Å². The van der Waals surface area contributed by atoms with Crippen LogP contribution in [0.4, 0.5) is 0 Å². The number of benzene rings is 1. The first-order valence-corrected chi connectivity index (χ1v) is 9.36. The Morgan fingerprint density at radius 2 is 2.19 bits per heavy atom. The molecule has 3 aromatic rings. The first kappa shape index (κ1) is 17.8. The number of fused-ring (bicyclic) bond motifs is 1. The van der Waals surface area contributed by atoms with Crippen molar-refractivity contribution in [1.29, 1.82) is 0 Å². The van der Waals surface area contributed by atoms with Crippen LogP contribution in [0.3, 0.4) is 0 Å². The van der Waals surface area contributed by atoms with E-state index in [2.05, 4.69) is 22.4 Å². The number of para-hydroxylation sites is 1. The first-order chi connectivity index (χ1) is 13.3. The van der Waals surface area contributed by atoms with Crippen molar-refractivity contribution in [2.75, 3.05) is 19.8 Å². The number of ether oxygens (including phenoxy) is 2. The van der Waals surface area contributed by atoms with E-state index in [9.17, 15) is 4.79 Å². The predicted molar refractivity (Wildman–Crippen MR) is 102 cm³/mol. The summed E-state index contributed by atoms with van der Waals surface area (Å²) in [5.74, 6) is -0.308. The third-order valence-corrected chi connectivity index (χ3v) is 5.00. The number of nitrogens with zero attached hydrogens (tertiary/aromatic N) is 2. The van der Waals surface area contributed by atoms with Gasteiger partial charge in [0.15, 0.2) is 0 Å². The smallest absolute Gasteiger partial charge is 0.340 e. The summed E-state index contributed by atoms with van der Waals surface area (Å²) in [6.07, 6.45) is 7.10. The quantitative estimate of drug-likeness (QED) is 0.654. The van der Waals surface area contributed by atoms with Gasteiger partial charge in [-0.2, -0.15) is 5.10 Å². The molecule has 2 aromatic heterocycles. The van der Waals surface area contributed by atoms with Gasteiger partial charge in [-0.3, -0.25) is 5.10 Å². The van der Waals surface area contributed by atoms with E-state index < -0.39 is 0 Å². The van der Waals surface area contributed by atoms with E-state index in [1.54, 1.807) is 12.4 Å². The number of hydrogen-bond donors (Lipinski definition) is 2. The molecule has 0 spiro atoms. The lowest BCUT2D eigenvalue weighted by atomic mass is 10.1. The molecule has 0 aliphatic carbocycles. The van der Waals surface area contributed by atoms with E-state index in [0.717, 1.165) is 36.0 Å². The number of aromatic amines is 1. The monoisotopic (exact) mass is 368 g/mol. The molecule has 27 heavy (non-hydrogen) atoms. The average molecular weight is 368 g/mol. The molecule has 1 aliphatic heterocycles. The number of carbonyl (C=O) groups excluding carboxylic acids is 1. The minimum atomic E-state index is -0.308. The zero-order chi connectivity index (χ0) is 18.6. The molecule has 0 unspecified atom stereocenters. The number of aromatic nitrogens is 3. The predicted octanol–water partition coefficient (Wildman–Crippen LogP) is 2.67. The van der Waals surface area contributed by atoms with E-state index in [1.165, 1.54) is 0 Å². The van der Waals surface area contributed by atoms with Gasteiger partial charge in [0.1, 0.15) is 0 Å². The highest BCUT2D eigenvalue weighted by Crippen LogP contribution is 2.25. The van der Waals surface area contributed by atoms with Crippen LogP contribution in [-0.2, 0) is 9.47 Å². The summed E-state index contributed by atoms with van der Waals surface area (Å²) in [6.45, 7) is 3.91. The molecule has 1 aromatic carbocycles. The Balaban J connectivity index is 1.45. The number of hydrogen-bond acceptors (Lipinski definition) is 5. The number of nitrogens with one attached hydrogen (secondary N) is 2. The highest BCUT2D eigenvalue weighted by Gasteiger charge is 2.21. The Morgan fingerprint density at radius 3 is 3.00 bits per heavy atom. The van der Waals surface area contributed by atoms with E-state index >= 15 is 0 Å².